The summed E-state index contributed by atoms with van der Waals surface area (Å²) in [5, 5.41) is 2.07. The van der Waals surface area contributed by atoms with Crippen LogP contribution in [0.1, 0.15) is 31.8 Å². The van der Waals surface area contributed by atoms with E-state index in [4.69, 9.17) is 0 Å². The highest BCUT2D eigenvalue weighted by molar-refractivity contribution is 6.00. The summed E-state index contributed by atoms with van der Waals surface area (Å²) in [6.07, 6.45) is 1.45. The molecule has 2 nitrogen and oxygen atoms in total. The first-order valence-electron chi connectivity index (χ1n) is 5.11. The molecule has 0 aliphatic rings. The van der Waals surface area contributed by atoms with Gasteiger partial charge in [-0.15, -0.1) is 0 Å². The van der Waals surface area contributed by atoms with E-state index in [1.165, 1.54) is 0 Å². The fourth-order valence-corrected chi connectivity index (χ4v) is 1.92. The number of fused-ring (bicyclic) bond motifs is 1. The van der Waals surface area contributed by atoms with E-state index in [9.17, 15) is 9.59 Å². The molecule has 0 atom stereocenters. The minimum absolute atomic E-state index is 0.455. The van der Waals surface area contributed by atoms with E-state index in [0.29, 0.717) is 11.1 Å². The smallest absolute Gasteiger partial charge is 0.150 e. The third kappa shape index (κ3) is 1.52. The monoisotopic (exact) mass is 212 g/mol. The third-order valence-corrected chi connectivity index (χ3v) is 2.91. The van der Waals surface area contributed by atoms with Gasteiger partial charge >= 0.3 is 0 Å². The molecule has 0 heterocycles. The van der Waals surface area contributed by atoms with Crippen LogP contribution in [0.4, 0.5) is 0 Å². The van der Waals surface area contributed by atoms with Crippen molar-refractivity contribution >= 4 is 23.3 Å². The zero-order chi connectivity index (χ0) is 11.7. The molecule has 16 heavy (non-hydrogen) atoms. The molecule has 0 radical (unpaired) electrons. The van der Waals surface area contributed by atoms with E-state index in [2.05, 4.69) is 0 Å². The Morgan fingerprint density at radius 2 is 1.19 bits per heavy atom. The van der Waals surface area contributed by atoms with Gasteiger partial charge in [0.05, 0.1) is 0 Å². The lowest BCUT2D eigenvalue weighted by atomic mass is 9.96. The molecule has 0 aromatic heterocycles. The highest BCUT2D eigenvalue weighted by atomic mass is 16.1. The molecule has 0 N–H and O–H groups in total. The Kier molecular flexibility index (Phi) is 2.57. The molecule has 0 fully saturated rings. The summed E-state index contributed by atoms with van der Waals surface area (Å²) in [6, 6.07) is 7.61. The summed E-state index contributed by atoms with van der Waals surface area (Å²) >= 11 is 0. The molecule has 2 heteroatoms. The topological polar surface area (TPSA) is 34.1 Å². The van der Waals surface area contributed by atoms with Crippen molar-refractivity contribution in [2.75, 3.05) is 0 Å². The highest BCUT2D eigenvalue weighted by Crippen LogP contribution is 2.24. The molecular formula is C14H12O2. The van der Waals surface area contributed by atoms with Gasteiger partial charge in [0.1, 0.15) is 0 Å². The van der Waals surface area contributed by atoms with Crippen LogP contribution in [-0.2, 0) is 0 Å². The number of aldehydes is 2. The maximum atomic E-state index is 10.9. The van der Waals surface area contributed by atoms with E-state index in [-0.39, 0.29) is 0 Å². The van der Waals surface area contributed by atoms with E-state index >= 15 is 0 Å². The van der Waals surface area contributed by atoms with Crippen LogP contribution in [0, 0.1) is 13.8 Å². The van der Waals surface area contributed by atoms with Gasteiger partial charge < -0.3 is 0 Å². The second-order valence-electron chi connectivity index (χ2n) is 3.96. The Balaban J connectivity index is 2.93. The Bertz CT molecular complexity index is 530. The quantitative estimate of drug-likeness (QED) is 0.717. The van der Waals surface area contributed by atoms with Gasteiger partial charge in [-0.1, -0.05) is 12.1 Å². The largest absolute Gasteiger partial charge is 0.298 e. The Morgan fingerprint density at radius 3 is 1.50 bits per heavy atom. The predicted molar refractivity (Wildman–Crippen MR) is 64.2 cm³/mol. The first-order valence-corrected chi connectivity index (χ1v) is 5.11. The van der Waals surface area contributed by atoms with Gasteiger partial charge in [0.2, 0.25) is 0 Å². The number of hydrogen-bond acceptors (Lipinski definition) is 2. The third-order valence-electron chi connectivity index (χ3n) is 2.91. The summed E-state index contributed by atoms with van der Waals surface area (Å²) in [7, 11) is 0. The lowest BCUT2D eigenvalue weighted by Crippen LogP contribution is -1.93. The van der Waals surface area contributed by atoms with Gasteiger partial charge in [-0.05, 0) is 47.9 Å². The van der Waals surface area contributed by atoms with Gasteiger partial charge in [-0.2, -0.15) is 0 Å². The fraction of sp³-hybridized carbons (Fsp3) is 0.143. The molecule has 0 amide bonds. The van der Waals surface area contributed by atoms with Crippen molar-refractivity contribution in [2.24, 2.45) is 0 Å². The second-order valence-corrected chi connectivity index (χ2v) is 3.96. The number of aryl methyl sites for hydroxylation is 2. The van der Waals surface area contributed by atoms with E-state index in [1.807, 2.05) is 26.0 Å². The van der Waals surface area contributed by atoms with E-state index in [0.717, 1.165) is 34.5 Å². The van der Waals surface area contributed by atoms with Crippen molar-refractivity contribution in [3.8, 4) is 0 Å². The molecule has 0 bridgehead atoms. The Hall–Kier alpha value is -1.96. The van der Waals surface area contributed by atoms with E-state index < -0.39 is 0 Å². The molecule has 0 aliphatic carbocycles. The van der Waals surface area contributed by atoms with Crippen molar-refractivity contribution in [3.05, 3.63) is 46.5 Å². The molecule has 0 unspecified atom stereocenters. The van der Waals surface area contributed by atoms with Crippen LogP contribution < -0.4 is 0 Å². The first kappa shape index (κ1) is 10.6. The number of hydrogen-bond donors (Lipinski definition) is 0. The van der Waals surface area contributed by atoms with Crippen molar-refractivity contribution in [2.45, 2.75) is 13.8 Å². The van der Waals surface area contributed by atoms with Crippen LogP contribution in [0.15, 0.2) is 24.3 Å². The summed E-state index contributed by atoms with van der Waals surface area (Å²) in [6.45, 7) is 3.99. The maximum absolute atomic E-state index is 10.9. The Labute approximate surface area is 93.9 Å². The summed E-state index contributed by atoms with van der Waals surface area (Å²) < 4.78 is 0. The van der Waals surface area contributed by atoms with Gasteiger partial charge in [0.15, 0.2) is 12.6 Å². The molecule has 0 saturated carbocycles. The van der Waals surface area contributed by atoms with Gasteiger partial charge in [-0.25, -0.2) is 0 Å². The summed E-state index contributed by atoms with van der Waals surface area (Å²) in [4.78, 5) is 21.7. The second kappa shape index (κ2) is 3.89. The SMILES string of the molecule is Cc1ccc(C)c2cc(C=O)c(C=O)cc12. The average Bonchev–Trinajstić information content (AvgIpc) is 2.32. The molecule has 0 spiro atoms. The molecule has 2 aromatic carbocycles. The van der Waals surface area contributed by atoms with Gasteiger partial charge in [0, 0.05) is 11.1 Å². The van der Waals surface area contributed by atoms with Crippen molar-refractivity contribution < 1.29 is 9.59 Å². The predicted octanol–water partition coefficient (Wildman–Crippen LogP) is 3.08. The standard InChI is InChI=1S/C14H12O2/c1-9-3-4-10(2)14-6-12(8-16)11(7-15)5-13(9)14/h3-8H,1-2H3. The minimum atomic E-state index is 0.455. The minimum Gasteiger partial charge on any atom is -0.298 e. The maximum Gasteiger partial charge on any atom is 0.150 e. The highest BCUT2D eigenvalue weighted by Gasteiger charge is 2.06. The van der Waals surface area contributed by atoms with Crippen LogP contribution in [0.25, 0.3) is 10.8 Å². The first-order chi connectivity index (χ1) is 7.67. The lowest BCUT2D eigenvalue weighted by Gasteiger charge is -2.07. The number of carbonyl (C=O) groups is 2. The van der Waals surface area contributed by atoms with Gasteiger partial charge in [-0.3, -0.25) is 9.59 Å². The number of rotatable bonds is 2. The number of carbonyl (C=O) groups excluding carboxylic acids is 2. The summed E-state index contributed by atoms with van der Waals surface area (Å²) in [5.41, 5.74) is 3.13. The lowest BCUT2D eigenvalue weighted by molar-refractivity contribution is 0.109. The van der Waals surface area contributed by atoms with Crippen LogP contribution >= 0.6 is 0 Å². The van der Waals surface area contributed by atoms with E-state index in [1.54, 1.807) is 12.1 Å². The molecule has 0 saturated heterocycles. The molecule has 0 aliphatic heterocycles. The van der Waals surface area contributed by atoms with Crippen LogP contribution in [0.5, 0.6) is 0 Å². The van der Waals surface area contributed by atoms with Crippen LogP contribution in [0.2, 0.25) is 0 Å². The average molecular weight is 212 g/mol. The van der Waals surface area contributed by atoms with Crippen molar-refractivity contribution in [3.63, 3.8) is 0 Å². The zero-order valence-corrected chi connectivity index (χ0v) is 9.28. The van der Waals surface area contributed by atoms with Gasteiger partial charge in [0.25, 0.3) is 0 Å². The molecule has 2 rings (SSSR count). The molecular weight excluding hydrogens is 200 g/mol. The van der Waals surface area contributed by atoms with Crippen LogP contribution in [0.3, 0.4) is 0 Å². The van der Waals surface area contributed by atoms with Crippen LogP contribution in [-0.4, -0.2) is 12.6 Å². The normalized spacial score (nSPS) is 10.4. The molecule has 80 valence electrons. The molecule has 2 aromatic rings. The number of benzene rings is 2. The zero-order valence-electron chi connectivity index (χ0n) is 9.28. The summed E-state index contributed by atoms with van der Waals surface area (Å²) in [5.74, 6) is 0. The fourth-order valence-electron chi connectivity index (χ4n) is 1.92. The van der Waals surface area contributed by atoms with Crippen molar-refractivity contribution in [1.29, 1.82) is 0 Å². The van der Waals surface area contributed by atoms with Crippen molar-refractivity contribution in [1.82, 2.24) is 0 Å². The Morgan fingerprint density at radius 1 is 0.812 bits per heavy atom.